The second kappa shape index (κ2) is 4.77. The van der Waals surface area contributed by atoms with Crippen LogP contribution in [0.15, 0.2) is 6.20 Å². The zero-order chi connectivity index (χ0) is 14.3. The Morgan fingerprint density at radius 2 is 2.25 bits per heavy atom. The molecule has 1 saturated carbocycles. The second-order valence-corrected chi connectivity index (χ2v) is 5.41. The first kappa shape index (κ1) is 12.9. The summed E-state index contributed by atoms with van der Waals surface area (Å²) < 4.78 is 1.51. The molecule has 3 rings (SSSR count). The van der Waals surface area contributed by atoms with Crippen LogP contribution in [0.4, 0.5) is 4.79 Å². The molecule has 2 heterocycles. The topological polar surface area (TPSA) is 100 Å². The van der Waals surface area contributed by atoms with Gasteiger partial charge in [0.25, 0.3) is 0 Å². The van der Waals surface area contributed by atoms with E-state index in [1.807, 2.05) is 0 Å². The fraction of sp³-hybridized carbons (Fsp3) is 0.667. The van der Waals surface area contributed by atoms with Crippen molar-refractivity contribution in [1.29, 1.82) is 0 Å². The first-order valence-corrected chi connectivity index (χ1v) is 6.79. The van der Waals surface area contributed by atoms with Gasteiger partial charge in [0.2, 0.25) is 0 Å². The van der Waals surface area contributed by atoms with Crippen molar-refractivity contribution >= 4 is 12.0 Å². The highest BCUT2D eigenvalue weighted by Crippen LogP contribution is 2.33. The lowest BCUT2D eigenvalue weighted by Crippen LogP contribution is -2.54. The minimum atomic E-state index is -1.09. The van der Waals surface area contributed by atoms with E-state index in [0.717, 1.165) is 12.8 Å². The molecule has 8 nitrogen and oxygen atoms in total. The van der Waals surface area contributed by atoms with E-state index in [4.69, 9.17) is 5.11 Å². The Hall–Kier alpha value is -2.12. The maximum atomic E-state index is 11.9. The highest BCUT2D eigenvalue weighted by atomic mass is 16.4. The van der Waals surface area contributed by atoms with Crippen LogP contribution < -0.4 is 5.32 Å². The third kappa shape index (κ3) is 2.33. The van der Waals surface area contributed by atoms with Gasteiger partial charge in [0, 0.05) is 19.1 Å². The van der Waals surface area contributed by atoms with Crippen LogP contribution in [0, 0.1) is 5.92 Å². The van der Waals surface area contributed by atoms with E-state index in [2.05, 4.69) is 22.6 Å². The molecule has 1 aromatic heterocycles. The van der Waals surface area contributed by atoms with Gasteiger partial charge in [-0.05, 0) is 12.3 Å². The van der Waals surface area contributed by atoms with E-state index >= 15 is 0 Å². The van der Waals surface area contributed by atoms with E-state index in [1.54, 1.807) is 4.90 Å². The van der Waals surface area contributed by atoms with E-state index in [1.165, 1.54) is 10.9 Å². The van der Waals surface area contributed by atoms with Crippen LogP contribution in [0.1, 0.15) is 36.3 Å². The van der Waals surface area contributed by atoms with Crippen molar-refractivity contribution in [2.24, 2.45) is 5.92 Å². The van der Waals surface area contributed by atoms with Gasteiger partial charge in [0.15, 0.2) is 5.69 Å². The second-order valence-electron chi connectivity index (χ2n) is 5.41. The fourth-order valence-electron chi connectivity index (χ4n) is 2.47. The quantitative estimate of drug-likeness (QED) is 0.827. The number of rotatable bonds is 4. The monoisotopic (exact) mass is 279 g/mol. The summed E-state index contributed by atoms with van der Waals surface area (Å²) in [6.07, 6.45) is 3.57. The summed E-state index contributed by atoms with van der Waals surface area (Å²) in [5.74, 6) is -0.464. The van der Waals surface area contributed by atoms with Crippen LogP contribution in [0.5, 0.6) is 0 Å². The largest absolute Gasteiger partial charge is 0.476 e. The van der Waals surface area contributed by atoms with Crippen molar-refractivity contribution in [3.63, 3.8) is 0 Å². The molecule has 1 aliphatic carbocycles. The maximum Gasteiger partial charge on any atom is 0.358 e. The van der Waals surface area contributed by atoms with Crippen LogP contribution in [0.25, 0.3) is 0 Å². The van der Waals surface area contributed by atoms with E-state index in [0.29, 0.717) is 25.0 Å². The van der Waals surface area contributed by atoms with Crippen LogP contribution in [0.3, 0.4) is 0 Å². The van der Waals surface area contributed by atoms with Crippen molar-refractivity contribution in [2.75, 3.05) is 13.1 Å². The van der Waals surface area contributed by atoms with Crippen molar-refractivity contribution in [3.05, 3.63) is 11.9 Å². The van der Waals surface area contributed by atoms with Gasteiger partial charge in [-0.1, -0.05) is 18.6 Å². The standard InChI is InChI=1S/C12H17N5O3/c1-2-7-3-9(7)13-12(20)16-4-8(5-16)17-6-10(11(18)19)14-15-17/h6-9H,2-5H2,1H3,(H,13,20)(H,18,19). The summed E-state index contributed by atoms with van der Waals surface area (Å²) in [7, 11) is 0. The maximum absolute atomic E-state index is 11.9. The SMILES string of the molecule is CCC1CC1NC(=O)N1CC(n2cc(C(=O)O)nn2)C1. The van der Waals surface area contributed by atoms with Crippen LogP contribution >= 0.6 is 0 Å². The van der Waals surface area contributed by atoms with Gasteiger partial charge in [-0.25, -0.2) is 14.3 Å². The third-order valence-corrected chi connectivity index (χ3v) is 4.01. The number of carbonyl (C=O) groups is 2. The number of carboxylic acid groups (broad SMARTS) is 1. The summed E-state index contributed by atoms with van der Waals surface area (Å²) in [4.78, 5) is 24.3. The van der Waals surface area contributed by atoms with E-state index in [9.17, 15) is 9.59 Å². The normalized spacial score (nSPS) is 25.1. The zero-order valence-corrected chi connectivity index (χ0v) is 11.2. The number of carbonyl (C=O) groups excluding carboxylic acids is 1. The van der Waals surface area contributed by atoms with Gasteiger partial charge in [0.1, 0.15) is 0 Å². The number of carboxylic acids is 1. The van der Waals surface area contributed by atoms with Crippen LogP contribution in [-0.2, 0) is 0 Å². The highest BCUT2D eigenvalue weighted by molar-refractivity contribution is 5.84. The first-order valence-electron chi connectivity index (χ1n) is 6.79. The molecule has 2 N–H and O–H groups in total. The Bertz CT molecular complexity index is 537. The molecule has 0 bridgehead atoms. The molecule has 1 aromatic rings. The molecule has 2 amide bonds. The van der Waals surface area contributed by atoms with Gasteiger partial charge in [0.05, 0.1) is 12.2 Å². The lowest BCUT2D eigenvalue weighted by molar-refractivity contribution is 0.0690. The third-order valence-electron chi connectivity index (χ3n) is 4.01. The van der Waals surface area contributed by atoms with Crippen molar-refractivity contribution in [2.45, 2.75) is 31.8 Å². The summed E-state index contributed by atoms with van der Waals surface area (Å²) in [6.45, 7) is 3.21. The Morgan fingerprint density at radius 1 is 1.50 bits per heavy atom. The number of hydrogen-bond donors (Lipinski definition) is 2. The molecule has 0 spiro atoms. The Morgan fingerprint density at radius 3 is 2.80 bits per heavy atom. The highest BCUT2D eigenvalue weighted by Gasteiger charge is 2.40. The summed E-state index contributed by atoms with van der Waals surface area (Å²) >= 11 is 0. The molecule has 2 atom stereocenters. The van der Waals surface area contributed by atoms with Crippen molar-refractivity contribution in [1.82, 2.24) is 25.2 Å². The number of nitrogens with zero attached hydrogens (tertiary/aromatic N) is 4. The minimum absolute atomic E-state index is 0.0162. The molecule has 2 fully saturated rings. The van der Waals surface area contributed by atoms with Gasteiger partial charge < -0.3 is 15.3 Å². The van der Waals surface area contributed by atoms with Crippen molar-refractivity contribution in [3.8, 4) is 0 Å². The van der Waals surface area contributed by atoms with Gasteiger partial charge in [-0.2, -0.15) is 0 Å². The molecule has 0 aromatic carbocycles. The number of urea groups is 1. The fourth-order valence-corrected chi connectivity index (χ4v) is 2.47. The molecule has 0 radical (unpaired) electrons. The Kier molecular flexibility index (Phi) is 3.07. The predicted octanol–water partition coefficient (Wildman–Crippen LogP) is 0.341. The Balaban J connectivity index is 1.48. The molecular formula is C12H17N5O3. The molecule has 2 aliphatic rings. The molecule has 1 saturated heterocycles. The van der Waals surface area contributed by atoms with Gasteiger partial charge >= 0.3 is 12.0 Å². The minimum Gasteiger partial charge on any atom is -0.476 e. The average molecular weight is 279 g/mol. The van der Waals surface area contributed by atoms with Crippen LogP contribution in [0.2, 0.25) is 0 Å². The number of aromatic carboxylic acids is 1. The number of nitrogens with one attached hydrogen (secondary N) is 1. The number of amides is 2. The zero-order valence-electron chi connectivity index (χ0n) is 11.2. The molecule has 2 unspecified atom stereocenters. The van der Waals surface area contributed by atoms with Gasteiger partial charge in [-0.3, -0.25) is 0 Å². The van der Waals surface area contributed by atoms with E-state index < -0.39 is 5.97 Å². The lowest BCUT2D eigenvalue weighted by Gasteiger charge is -2.38. The smallest absolute Gasteiger partial charge is 0.358 e. The van der Waals surface area contributed by atoms with E-state index in [-0.39, 0.29) is 17.8 Å². The summed E-state index contributed by atoms with van der Waals surface area (Å²) in [5, 5.41) is 19.1. The molecule has 1 aliphatic heterocycles. The van der Waals surface area contributed by atoms with Crippen molar-refractivity contribution < 1.29 is 14.7 Å². The number of likely N-dealkylation sites (tertiary alicyclic amines) is 1. The Labute approximate surface area is 115 Å². The van der Waals surface area contributed by atoms with Crippen LogP contribution in [-0.4, -0.2) is 56.1 Å². The summed E-state index contributed by atoms with van der Waals surface area (Å²) in [5.41, 5.74) is -0.0725. The molecule has 20 heavy (non-hydrogen) atoms. The summed E-state index contributed by atoms with van der Waals surface area (Å²) in [6, 6.07) is 0.305. The first-order chi connectivity index (χ1) is 9.58. The lowest BCUT2D eigenvalue weighted by atomic mass is 10.1. The molecule has 108 valence electrons. The number of hydrogen-bond acceptors (Lipinski definition) is 4. The predicted molar refractivity (Wildman–Crippen MR) is 68.3 cm³/mol. The molecular weight excluding hydrogens is 262 g/mol. The number of aromatic nitrogens is 3. The van der Waals surface area contributed by atoms with Gasteiger partial charge in [-0.15, -0.1) is 5.10 Å². The molecule has 8 heteroatoms. The average Bonchev–Trinajstić information content (AvgIpc) is 2.91.